The van der Waals surface area contributed by atoms with E-state index in [1.54, 1.807) is 0 Å². The lowest BCUT2D eigenvalue weighted by Gasteiger charge is -2.33. The summed E-state index contributed by atoms with van der Waals surface area (Å²) in [7, 11) is 0. The minimum Gasteiger partial charge on any atom is -0.454 e. The van der Waals surface area contributed by atoms with Crippen molar-refractivity contribution in [2.75, 3.05) is 33.0 Å². The highest BCUT2D eigenvalue weighted by atomic mass is 35.5. The van der Waals surface area contributed by atoms with Crippen LogP contribution in [-0.2, 0) is 13.1 Å². The standard InChI is InChI=1S/C21H21ClN4O3/c22-17-4-2-16(3-5-17)21-23-20(29-24-21)13-26-9-7-25(8-10-26)12-15-1-6-18-19(11-15)28-14-27-18/h1-6,11H,7-10,12-14H2. The van der Waals surface area contributed by atoms with Gasteiger partial charge in [0.25, 0.3) is 0 Å². The van der Waals surface area contributed by atoms with Crippen molar-refractivity contribution in [1.29, 1.82) is 0 Å². The molecule has 0 unspecified atom stereocenters. The fourth-order valence-corrected chi connectivity index (χ4v) is 3.76. The number of hydrogen-bond donors (Lipinski definition) is 0. The maximum atomic E-state index is 5.93. The Hall–Kier alpha value is -2.61. The maximum Gasteiger partial charge on any atom is 0.241 e. The van der Waals surface area contributed by atoms with Crippen LogP contribution in [0.3, 0.4) is 0 Å². The monoisotopic (exact) mass is 412 g/mol. The van der Waals surface area contributed by atoms with Crippen molar-refractivity contribution in [2.45, 2.75) is 13.1 Å². The molecule has 0 atom stereocenters. The summed E-state index contributed by atoms with van der Waals surface area (Å²) in [5.41, 5.74) is 2.14. The second-order valence-electron chi connectivity index (χ2n) is 7.26. The first-order valence-corrected chi connectivity index (χ1v) is 10.0. The maximum absolute atomic E-state index is 5.93. The first-order valence-electron chi connectivity index (χ1n) is 9.65. The third-order valence-corrected chi connectivity index (χ3v) is 5.49. The second kappa shape index (κ2) is 8.02. The van der Waals surface area contributed by atoms with Gasteiger partial charge in [-0.15, -0.1) is 0 Å². The lowest BCUT2D eigenvalue weighted by atomic mass is 10.1. The van der Waals surface area contributed by atoms with Gasteiger partial charge in [0.2, 0.25) is 18.5 Å². The van der Waals surface area contributed by atoms with Gasteiger partial charge in [-0.3, -0.25) is 9.80 Å². The highest BCUT2D eigenvalue weighted by molar-refractivity contribution is 6.30. The molecule has 8 heteroatoms. The van der Waals surface area contributed by atoms with Gasteiger partial charge in [0.1, 0.15) is 0 Å². The van der Waals surface area contributed by atoms with Gasteiger partial charge in [0.15, 0.2) is 11.5 Å². The van der Waals surface area contributed by atoms with E-state index in [9.17, 15) is 0 Å². The second-order valence-corrected chi connectivity index (χ2v) is 7.69. The third kappa shape index (κ3) is 4.22. The van der Waals surface area contributed by atoms with Crippen LogP contribution in [0.15, 0.2) is 47.0 Å². The van der Waals surface area contributed by atoms with Crippen LogP contribution in [0.4, 0.5) is 0 Å². The van der Waals surface area contributed by atoms with E-state index in [0.717, 1.165) is 49.8 Å². The van der Waals surface area contributed by atoms with E-state index >= 15 is 0 Å². The van der Waals surface area contributed by atoms with Crippen LogP contribution in [0.1, 0.15) is 11.5 Å². The average Bonchev–Trinajstić information content (AvgIpc) is 3.39. The molecule has 29 heavy (non-hydrogen) atoms. The predicted molar refractivity (Wildman–Crippen MR) is 108 cm³/mol. The number of nitrogens with zero attached hydrogens (tertiary/aromatic N) is 4. The van der Waals surface area contributed by atoms with Gasteiger partial charge in [-0.2, -0.15) is 4.98 Å². The molecule has 0 aliphatic carbocycles. The smallest absolute Gasteiger partial charge is 0.241 e. The van der Waals surface area contributed by atoms with E-state index in [1.807, 2.05) is 30.3 Å². The number of rotatable bonds is 5. The molecule has 5 rings (SSSR count). The van der Waals surface area contributed by atoms with E-state index in [0.29, 0.717) is 30.1 Å². The molecule has 150 valence electrons. The summed E-state index contributed by atoms with van der Waals surface area (Å²) in [6.45, 7) is 5.79. The van der Waals surface area contributed by atoms with Crippen LogP contribution >= 0.6 is 11.6 Å². The Morgan fingerprint density at radius 1 is 0.862 bits per heavy atom. The van der Waals surface area contributed by atoms with Gasteiger partial charge >= 0.3 is 0 Å². The summed E-state index contributed by atoms with van der Waals surface area (Å²) >= 11 is 5.93. The Morgan fingerprint density at radius 3 is 2.38 bits per heavy atom. The Kier molecular flexibility index (Phi) is 5.10. The molecule has 0 spiro atoms. The summed E-state index contributed by atoms with van der Waals surface area (Å²) in [6.07, 6.45) is 0. The molecule has 0 bridgehead atoms. The molecule has 0 radical (unpaired) electrons. The summed E-state index contributed by atoms with van der Waals surface area (Å²) in [5, 5.41) is 4.78. The van der Waals surface area contributed by atoms with Gasteiger partial charge < -0.3 is 14.0 Å². The molecule has 0 saturated carbocycles. The van der Waals surface area contributed by atoms with Crippen molar-refractivity contribution in [3.8, 4) is 22.9 Å². The minimum absolute atomic E-state index is 0.312. The third-order valence-electron chi connectivity index (χ3n) is 5.24. The van der Waals surface area contributed by atoms with Gasteiger partial charge in [0.05, 0.1) is 6.54 Å². The summed E-state index contributed by atoms with van der Waals surface area (Å²) in [4.78, 5) is 9.31. The topological polar surface area (TPSA) is 63.9 Å². The largest absolute Gasteiger partial charge is 0.454 e. The van der Waals surface area contributed by atoms with Crippen LogP contribution in [-0.4, -0.2) is 52.9 Å². The van der Waals surface area contributed by atoms with Gasteiger partial charge in [-0.25, -0.2) is 0 Å². The first-order chi connectivity index (χ1) is 14.2. The number of ether oxygens (including phenoxy) is 2. The van der Waals surface area contributed by atoms with Crippen molar-refractivity contribution in [3.63, 3.8) is 0 Å². The molecule has 0 amide bonds. The van der Waals surface area contributed by atoms with Gasteiger partial charge in [-0.05, 0) is 42.0 Å². The fourth-order valence-electron chi connectivity index (χ4n) is 3.63. The zero-order chi connectivity index (χ0) is 19.6. The van der Waals surface area contributed by atoms with E-state index in [2.05, 4.69) is 32.1 Å². The molecular weight excluding hydrogens is 392 g/mol. The predicted octanol–water partition coefficient (Wildman–Crippen LogP) is 3.44. The number of benzene rings is 2. The Bertz CT molecular complexity index is 984. The average molecular weight is 413 g/mol. The van der Waals surface area contributed by atoms with Crippen LogP contribution in [0, 0.1) is 0 Å². The zero-order valence-electron chi connectivity index (χ0n) is 15.9. The molecule has 3 aromatic rings. The Morgan fingerprint density at radius 2 is 1.59 bits per heavy atom. The summed E-state index contributed by atoms with van der Waals surface area (Å²) in [5.74, 6) is 2.90. The van der Waals surface area contributed by atoms with Crippen molar-refractivity contribution < 1.29 is 14.0 Å². The first kappa shape index (κ1) is 18.4. The Balaban J connectivity index is 1.14. The molecule has 2 aromatic carbocycles. The van der Waals surface area contributed by atoms with Crippen LogP contribution < -0.4 is 9.47 Å². The molecule has 7 nitrogen and oxygen atoms in total. The van der Waals surface area contributed by atoms with E-state index in [4.69, 9.17) is 25.6 Å². The molecule has 2 aliphatic rings. The van der Waals surface area contributed by atoms with E-state index in [1.165, 1.54) is 5.56 Å². The summed E-state index contributed by atoms with van der Waals surface area (Å²) < 4.78 is 16.3. The van der Waals surface area contributed by atoms with Gasteiger partial charge in [-0.1, -0.05) is 22.8 Å². The lowest BCUT2D eigenvalue weighted by molar-refractivity contribution is 0.112. The molecule has 0 N–H and O–H groups in total. The van der Waals surface area contributed by atoms with Crippen LogP contribution in [0.25, 0.3) is 11.4 Å². The normalized spacial score (nSPS) is 17.0. The van der Waals surface area contributed by atoms with E-state index in [-0.39, 0.29) is 0 Å². The van der Waals surface area contributed by atoms with Crippen molar-refractivity contribution in [2.24, 2.45) is 0 Å². The molecule has 2 aliphatic heterocycles. The highest BCUT2D eigenvalue weighted by Gasteiger charge is 2.21. The number of fused-ring (bicyclic) bond motifs is 1. The van der Waals surface area contributed by atoms with Gasteiger partial charge in [0, 0.05) is 43.3 Å². The van der Waals surface area contributed by atoms with E-state index < -0.39 is 0 Å². The number of halogens is 1. The van der Waals surface area contributed by atoms with Crippen molar-refractivity contribution in [1.82, 2.24) is 19.9 Å². The fraction of sp³-hybridized carbons (Fsp3) is 0.333. The molecule has 1 aromatic heterocycles. The van der Waals surface area contributed by atoms with Crippen molar-refractivity contribution in [3.05, 3.63) is 58.9 Å². The van der Waals surface area contributed by atoms with Crippen LogP contribution in [0.2, 0.25) is 5.02 Å². The summed E-state index contributed by atoms with van der Waals surface area (Å²) in [6, 6.07) is 13.6. The molecule has 1 fully saturated rings. The highest BCUT2D eigenvalue weighted by Crippen LogP contribution is 2.32. The SMILES string of the molecule is Clc1ccc(-c2noc(CN3CCN(Cc4ccc5c(c4)OCO5)CC3)n2)cc1. The molecule has 1 saturated heterocycles. The lowest BCUT2D eigenvalue weighted by Crippen LogP contribution is -2.45. The van der Waals surface area contributed by atoms with Crippen molar-refractivity contribution >= 4 is 11.6 Å². The minimum atomic E-state index is 0.312. The van der Waals surface area contributed by atoms with Crippen LogP contribution in [0.5, 0.6) is 11.5 Å². The number of aromatic nitrogens is 2. The number of piperazine rings is 1. The molecular formula is C21H21ClN4O3. The molecule has 3 heterocycles. The Labute approximate surface area is 173 Å². The zero-order valence-corrected chi connectivity index (χ0v) is 16.6. The number of hydrogen-bond acceptors (Lipinski definition) is 7. The quantitative estimate of drug-likeness (QED) is 0.636.